The van der Waals surface area contributed by atoms with E-state index in [9.17, 15) is 8.42 Å². The summed E-state index contributed by atoms with van der Waals surface area (Å²) < 4.78 is 55.6. The number of rotatable bonds is 13. The highest BCUT2D eigenvalue weighted by molar-refractivity contribution is 7.86. The van der Waals surface area contributed by atoms with E-state index < -0.39 is 16.2 Å². The van der Waals surface area contributed by atoms with E-state index in [2.05, 4.69) is 23.6 Å². The Morgan fingerprint density at radius 2 is 1.66 bits per heavy atom. The van der Waals surface area contributed by atoms with Crippen molar-refractivity contribution >= 4 is 10.1 Å². The van der Waals surface area contributed by atoms with Gasteiger partial charge >= 0.3 is 0 Å². The van der Waals surface area contributed by atoms with Gasteiger partial charge in [-0.1, -0.05) is 29.8 Å². The summed E-state index contributed by atoms with van der Waals surface area (Å²) in [5, 5.41) is 0. The topological polar surface area (TPSA) is 85.2 Å². The molecule has 1 aliphatic rings. The van der Waals surface area contributed by atoms with Gasteiger partial charge in [-0.2, -0.15) is 8.42 Å². The Kier molecular flexibility index (Phi) is 8.97. The highest BCUT2D eigenvalue weighted by Gasteiger charge is 2.20. The molecule has 4 aromatic rings. The molecule has 1 aromatic heterocycles. The van der Waals surface area contributed by atoms with Crippen LogP contribution in [0.2, 0.25) is 0 Å². The molecule has 41 heavy (non-hydrogen) atoms. The first kappa shape index (κ1) is 28.7. The Morgan fingerprint density at radius 1 is 0.902 bits per heavy atom. The first-order valence-corrected chi connectivity index (χ1v) is 15.1. The zero-order chi connectivity index (χ0) is 28.8. The van der Waals surface area contributed by atoms with Crippen molar-refractivity contribution in [3.05, 3.63) is 95.7 Å². The predicted molar refractivity (Wildman–Crippen MR) is 156 cm³/mol. The molecule has 1 aliphatic heterocycles. The number of ether oxygens (including phenoxy) is 4. The first-order chi connectivity index (χ1) is 19.8. The molecular formula is C32H35NO7S. The van der Waals surface area contributed by atoms with Crippen LogP contribution in [0.3, 0.4) is 0 Å². The van der Waals surface area contributed by atoms with Crippen LogP contribution in [-0.4, -0.2) is 45.7 Å². The summed E-state index contributed by atoms with van der Waals surface area (Å²) in [4.78, 5) is 0.137. The minimum atomic E-state index is -3.86. The van der Waals surface area contributed by atoms with Crippen LogP contribution < -0.4 is 14.2 Å². The van der Waals surface area contributed by atoms with E-state index in [1.54, 1.807) is 24.3 Å². The van der Waals surface area contributed by atoms with Gasteiger partial charge in [-0.25, -0.2) is 0 Å². The average Bonchev–Trinajstić information content (AvgIpc) is 3.59. The predicted octanol–water partition coefficient (Wildman–Crippen LogP) is 5.93. The second kappa shape index (κ2) is 12.8. The molecule has 216 valence electrons. The highest BCUT2D eigenvalue weighted by atomic mass is 32.2. The second-order valence-electron chi connectivity index (χ2n) is 9.91. The minimum Gasteiger partial charge on any atom is -0.492 e. The van der Waals surface area contributed by atoms with E-state index >= 15 is 0 Å². The molecule has 0 radical (unpaired) electrons. The molecule has 0 spiro atoms. The lowest BCUT2D eigenvalue weighted by atomic mass is 10.1. The molecule has 0 unspecified atom stereocenters. The monoisotopic (exact) mass is 577 g/mol. The lowest BCUT2D eigenvalue weighted by molar-refractivity contribution is 0.0299. The van der Waals surface area contributed by atoms with E-state index in [0.29, 0.717) is 26.2 Å². The third-order valence-corrected chi connectivity index (χ3v) is 8.25. The number of aryl methyl sites for hydroxylation is 2. The van der Waals surface area contributed by atoms with Crippen molar-refractivity contribution in [2.24, 2.45) is 0 Å². The summed E-state index contributed by atoms with van der Waals surface area (Å²) in [5.74, 6) is 2.28. The number of fused-ring (bicyclic) bond motifs is 1. The maximum atomic E-state index is 12.6. The third-order valence-electron chi connectivity index (χ3n) is 6.96. The molecular weight excluding hydrogens is 542 g/mol. The number of hydrogen-bond acceptors (Lipinski definition) is 7. The van der Waals surface area contributed by atoms with Gasteiger partial charge in [0.25, 0.3) is 10.1 Å². The Hall–Kier alpha value is -3.79. The highest BCUT2D eigenvalue weighted by Crippen LogP contribution is 2.36. The normalized spacial score (nSPS) is 13.3. The van der Waals surface area contributed by atoms with Crippen LogP contribution in [0.4, 0.5) is 0 Å². The minimum absolute atomic E-state index is 0.0653. The van der Waals surface area contributed by atoms with Crippen LogP contribution in [-0.2, 0) is 32.0 Å². The summed E-state index contributed by atoms with van der Waals surface area (Å²) in [6, 6.07) is 24.6. The average molecular weight is 578 g/mol. The molecule has 2 heterocycles. The van der Waals surface area contributed by atoms with Crippen LogP contribution in [0.5, 0.6) is 17.2 Å². The van der Waals surface area contributed by atoms with Crippen molar-refractivity contribution in [1.29, 1.82) is 0 Å². The summed E-state index contributed by atoms with van der Waals surface area (Å²) in [6.45, 7) is 7.68. The van der Waals surface area contributed by atoms with Crippen LogP contribution in [0, 0.1) is 13.8 Å². The van der Waals surface area contributed by atoms with Gasteiger partial charge in [0, 0.05) is 30.0 Å². The fraction of sp³-hybridized carbons (Fsp3) is 0.312. The molecule has 5 rings (SSSR count). The van der Waals surface area contributed by atoms with Gasteiger partial charge < -0.3 is 23.5 Å². The van der Waals surface area contributed by atoms with Crippen LogP contribution >= 0.6 is 0 Å². The molecule has 0 fully saturated rings. The smallest absolute Gasteiger partial charge is 0.297 e. The van der Waals surface area contributed by atoms with E-state index in [-0.39, 0.29) is 18.3 Å². The van der Waals surface area contributed by atoms with Gasteiger partial charge in [0.05, 0.1) is 24.2 Å². The van der Waals surface area contributed by atoms with E-state index in [1.165, 1.54) is 0 Å². The van der Waals surface area contributed by atoms with Crippen LogP contribution in [0.15, 0.2) is 83.8 Å². The van der Waals surface area contributed by atoms with Crippen molar-refractivity contribution in [2.45, 2.75) is 44.7 Å². The van der Waals surface area contributed by atoms with Crippen molar-refractivity contribution in [1.82, 2.24) is 4.57 Å². The molecule has 0 bridgehead atoms. The Labute approximate surface area is 241 Å². The van der Waals surface area contributed by atoms with E-state index in [1.807, 2.05) is 56.3 Å². The van der Waals surface area contributed by atoms with Gasteiger partial charge in [0.15, 0.2) is 11.5 Å². The lowest BCUT2D eigenvalue weighted by Gasteiger charge is -2.18. The number of hydrogen-bond donors (Lipinski definition) is 0. The van der Waals surface area contributed by atoms with Gasteiger partial charge in [-0.15, -0.1) is 0 Å². The fourth-order valence-electron chi connectivity index (χ4n) is 4.75. The summed E-state index contributed by atoms with van der Waals surface area (Å²) in [5.41, 5.74) is 5.28. The van der Waals surface area contributed by atoms with Gasteiger partial charge in [0.1, 0.15) is 12.4 Å². The van der Waals surface area contributed by atoms with E-state index in [0.717, 1.165) is 45.3 Å². The summed E-state index contributed by atoms with van der Waals surface area (Å²) in [7, 11) is -3.86. The zero-order valence-electron chi connectivity index (χ0n) is 23.5. The van der Waals surface area contributed by atoms with E-state index in [4.69, 9.17) is 23.1 Å². The number of nitrogens with zero attached hydrogens (tertiary/aromatic N) is 1. The molecule has 9 heteroatoms. The second-order valence-corrected chi connectivity index (χ2v) is 11.5. The van der Waals surface area contributed by atoms with Crippen molar-refractivity contribution < 1.29 is 31.5 Å². The number of aromatic nitrogens is 1. The zero-order valence-corrected chi connectivity index (χ0v) is 24.4. The third kappa shape index (κ3) is 7.11. The number of benzene rings is 3. The SMILES string of the molecule is CCO[C@H](COS(=O)(=O)c1ccc(C)cc1)Cc1ccc(OCCn2c(C)ccc2-c2ccc3c(c2)OCO3)cc1. The maximum absolute atomic E-state index is 12.6. The maximum Gasteiger partial charge on any atom is 0.297 e. The van der Waals surface area contributed by atoms with Crippen molar-refractivity contribution in [2.75, 3.05) is 26.6 Å². The molecule has 1 atom stereocenters. The quantitative estimate of drug-likeness (QED) is 0.182. The first-order valence-electron chi connectivity index (χ1n) is 13.7. The van der Waals surface area contributed by atoms with Crippen molar-refractivity contribution in [3.63, 3.8) is 0 Å². The van der Waals surface area contributed by atoms with Crippen molar-refractivity contribution in [3.8, 4) is 28.5 Å². The molecule has 0 N–H and O–H groups in total. The van der Waals surface area contributed by atoms with Gasteiger partial charge in [0.2, 0.25) is 6.79 Å². The fourth-order valence-corrected chi connectivity index (χ4v) is 5.69. The van der Waals surface area contributed by atoms with Gasteiger partial charge in [-0.05, 0) is 80.9 Å². The van der Waals surface area contributed by atoms with Crippen LogP contribution in [0.25, 0.3) is 11.3 Å². The molecule has 8 nitrogen and oxygen atoms in total. The molecule has 0 saturated heterocycles. The molecule has 0 saturated carbocycles. The van der Waals surface area contributed by atoms with Crippen LogP contribution in [0.1, 0.15) is 23.7 Å². The largest absolute Gasteiger partial charge is 0.492 e. The lowest BCUT2D eigenvalue weighted by Crippen LogP contribution is -2.24. The Balaban J connectivity index is 1.15. The summed E-state index contributed by atoms with van der Waals surface area (Å²) >= 11 is 0. The summed E-state index contributed by atoms with van der Waals surface area (Å²) in [6.07, 6.45) is 0.109. The molecule has 3 aromatic carbocycles. The Bertz CT molecular complexity index is 1560. The standard InChI is InChI=1S/C32H35NO7S/c1-4-36-28(21-40-41(34,35)29-13-5-23(2)6-14-29)19-25-8-11-27(12-9-25)37-18-17-33-24(3)7-15-30(33)26-10-16-31-32(20-26)39-22-38-31/h5-16,20,28H,4,17-19,21-22H2,1-3H3/t28-/m0/s1. The Morgan fingerprint density at radius 3 is 2.41 bits per heavy atom. The van der Waals surface area contributed by atoms with Gasteiger partial charge in [-0.3, -0.25) is 4.18 Å². The molecule has 0 aliphatic carbocycles. The molecule has 0 amide bonds.